The summed E-state index contributed by atoms with van der Waals surface area (Å²) in [7, 11) is 0. The Morgan fingerprint density at radius 3 is 2.78 bits per heavy atom. The third-order valence-electron chi connectivity index (χ3n) is 2.43. The molecule has 0 saturated carbocycles. The number of carbonyl (C=O) groups is 1. The lowest BCUT2D eigenvalue weighted by Gasteiger charge is -2.05. The van der Waals surface area contributed by atoms with E-state index in [1.54, 1.807) is 36.4 Å². The fraction of sp³-hybridized carbons (Fsp3) is 0.231. The number of imidazole rings is 1. The van der Waals surface area contributed by atoms with Gasteiger partial charge in [-0.15, -0.1) is 0 Å². The first-order valence-corrected chi connectivity index (χ1v) is 6.95. The highest BCUT2D eigenvalue weighted by atomic mass is 32.2. The van der Waals surface area contributed by atoms with Crippen molar-refractivity contribution in [3.63, 3.8) is 0 Å². The SMILES string of the molecule is CSCCOC(=O)c1ccc(-n2ccnc2)cc1. The molecule has 18 heavy (non-hydrogen) atoms. The molecular weight excluding hydrogens is 248 g/mol. The van der Waals surface area contributed by atoms with Crippen LogP contribution in [0.2, 0.25) is 0 Å². The second-order valence-electron chi connectivity index (χ2n) is 3.65. The van der Waals surface area contributed by atoms with E-state index in [-0.39, 0.29) is 5.97 Å². The average Bonchev–Trinajstić information content (AvgIpc) is 2.93. The molecule has 0 saturated heterocycles. The number of nitrogens with zero attached hydrogens (tertiary/aromatic N) is 2. The van der Waals surface area contributed by atoms with Crippen molar-refractivity contribution < 1.29 is 9.53 Å². The molecule has 0 spiro atoms. The first kappa shape index (κ1) is 12.7. The van der Waals surface area contributed by atoms with Gasteiger partial charge >= 0.3 is 5.97 Å². The van der Waals surface area contributed by atoms with Gasteiger partial charge in [0.15, 0.2) is 0 Å². The molecule has 0 N–H and O–H groups in total. The van der Waals surface area contributed by atoms with Gasteiger partial charge in [0.2, 0.25) is 0 Å². The monoisotopic (exact) mass is 262 g/mol. The summed E-state index contributed by atoms with van der Waals surface area (Å²) in [5.74, 6) is 0.542. The molecular formula is C13H14N2O2S. The van der Waals surface area contributed by atoms with Crippen molar-refractivity contribution in [2.45, 2.75) is 0 Å². The van der Waals surface area contributed by atoms with Gasteiger partial charge in [-0.1, -0.05) is 0 Å². The highest BCUT2D eigenvalue weighted by Crippen LogP contribution is 2.10. The van der Waals surface area contributed by atoms with Crippen molar-refractivity contribution in [2.24, 2.45) is 0 Å². The molecule has 0 aliphatic carbocycles. The fourth-order valence-corrected chi connectivity index (χ4v) is 1.73. The summed E-state index contributed by atoms with van der Waals surface area (Å²) in [4.78, 5) is 15.6. The molecule has 0 radical (unpaired) electrons. The van der Waals surface area contributed by atoms with Gasteiger partial charge in [-0.3, -0.25) is 0 Å². The highest BCUT2D eigenvalue weighted by molar-refractivity contribution is 7.98. The maximum atomic E-state index is 11.7. The zero-order valence-electron chi connectivity index (χ0n) is 10.1. The quantitative estimate of drug-likeness (QED) is 0.613. The minimum atomic E-state index is -0.277. The van der Waals surface area contributed by atoms with Gasteiger partial charge in [-0.2, -0.15) is 11.8 Å². The van der Waals surface area contributed by atoms with Crippen molar-refractivity contribution in [1.82, 2.24) is 9.55 Å². The van der Waals surface area contributed by atoms with Crippen LogP contribution >= 0.6 is 11.8 Å². The van der Waals surface area contributed by atoms with Gasteiger partial charge in [0.05, 0.1) is 11.9 Å². The van der Waals surface area contributed by atoms with E-state index in [9.17, 15) is 4.79 Å². The molecule has 1 aromatic carbocycles. The molecule has 0 fully saturated rings. The minimum absolute atomic E-state index is 0.277. The lowest BCUT2D eigenvalue weighted by molar-refractivity contribution is 0.0530. The van der Waals surface area contributed by atoms with Crippen LogP contribution in [-0.4, -0.2) is 34.1 Å². The smallest absolute Gasteiger partial charge is 0.338 e. The first-order valence-electron chi connectivity index (χ1n) is 5.55. The van der Waals surface area contributed by atoms with Gasteiger partial charge in [-0.25, -0.2) is 9.78 Å². The summed E-state index contributed by atoms with van der Waals surface area (Å²) >= 11 is 1.65. The number of hydrogen-bond acceptors (Lipinski definition) is 4. The zero-order valence-corrected chi connectivity index (χ0v) is 10.9. The van der Waals surface area contributed by atoms with Crippen molar-refractivity contribution in [2.75, 3.05) is 18.6 Å². The summed E-state index contributed by atoms with van der Waals surface area (Å²) < 4.78 is 7.00. The van der Waals surface area contributed by atoms with Crippen LogP contribution in [0.1, 0.15) is 10.4 Å². The Bertz CT molecular complexity index is 494. The Balaban J connectivity index is 2.01. The summed E-state index contributed by atoms with van der Waals surface area (Å²) in [6.07, 6.45) is 7.26. The molecule has 2 aromatic rings. The third kappa shape index (κ3) is 3.13. The Hall–Kier alpha value is -1.75. The fourth-order valence-electron chi connectivity index (χ4n) is 1.48. The van der Waals surface area contributed by atoms with E-state index in [2.05, 4.69) is 4.98 Å². The first-order chi connectivity index (χ1) is 8.81. The molecule has 2 rings (SSSR count). The second-order valence-corrected chi connectivity index (χ2v) is 4.63. The molecule has 0 unspecified atom stereocenters. The van der Waals surface area contributed by atoms with Crippen LogP contribution in [0.3, 0.4) is 0 Å². The molecule has 0 aliphatic heterocycles. The van der Waals surface area contributed by atoms with Crippen LogP contribution in [0.5, 0.6) is 0 Å². The molecule has 1 heterocycles. The van der Waals surface area contributed by atoms with Crippen molar-refractivity contribution >= 4 is 17.7 Å². The predicted octanol–water partition coefficient (Wildman–Crippen LogP) is 2.39. The van der Waals surface area contributed by atoms with Gasteiger partial charge in [-0.05, 0) is 30.5 Å². The molecule has 5 heteroatoms. The maximum absolute atomic E-state index is 11.7. The lowest BCUT2D eigenvalue weighted by atomic mass is 10.2. The second kappa shape index (κ2) is 6.26. The highest BCUT2D eigenvalue weighted by Gasteiger charge is 2.06. The zero-order chi connectivity index (χ0) is 12.8. The Labute approximate surface area is 110 Å². The van der Waals surface area contributed by atoms with Crippen molar-refractivity contribution in [1.29, 1.82) is 0 Å². The number of aromatic nitrogens is 2. The lowest BCUT2D eigenvalue weighted by Crippen LogP contribution is -2.07. The summed E-state index contributed by atoms with van der Waals surface area (Å²) in [6.45, 7) is 0.448. The molecule has 0 atom stereocenters. The molecule has 0 amide bonds. The molecule has 0 bridgehead atoms. The number of carbonyl (C=O) groups excluding carboxylic acids is 1. The molecule has 4 nitrogen and oxygen atoms in total. The Kier molecular flexibility index (Phi) is 4.41. The predicted molar refractivity (Wildman–Crippen MR) is 72.2 cm³/mol. The Morgan fingerprint density at radius 2 is 2.17 bits per heavy atom. The van der Waals surface area contributed by atoms with Gasteiger partial charge < -0.3 is 9.30 Å². The normalized spacial score (nSPS) is 10.3. The van der Waals surface area contributed by atoms with E-state index in [0.717, 1.165) is 11.4 Å². The van der Waals surface area contributed by atoms with Crippen molar-refractivity contribution in [3.8, 4) is 5.69 Å². The van der Waals surface area contributed by atoms with Gasteiger partial charge in [0.1, 0.15) is 6.61 Å². The largest absolute Gasteiger partial charge is 0.461 e. The van der Waals surface area contributed by atoms with Gasteiger partial charge in [0.25, 0.3) is 0 Å². The number of benzene rings is 1. The standard InChI is InChI=1S/C13H14N2O2S/c1-18-9-8-17-13(16)11-2-4-12(5-3-11)15-7-6-14-10-15/h2-7,10H,8-9H2,1H3. The number of rotatable bonds is 5. The number of hydrogen-bond donors (Lipinski definition) is 0. The van der Waals surface area contributed by atoms with E-state index in [1.165, 1.54) is 0 Å². The minimum Gasteiger partial charge on any atom is -0.461 e. The van der Waals surface area contributed by atoms with Crippen LogP contribution < -0.4 is 0 Å². The van der Waals surface area contributed by atoms with Crippen LogP contribution in [0, 0.1) is 0 Å². The van der Waals surface area contributed by atoms with Gasteiger partial charge in [0, 0.05) is 23.8 Å². The topological polar surface area (TPSA) is 44.1 Å². The summed E-state index contributed by atoms with van der Waals surface area (Å²) in [5, 5.41) is 0. The summed E-state index contributed by atoms with van der Waals surface area (Å²) in [6, 6.07) is 7.26. The van der Waals surface area contributed by atoms with Crippen LogP contribution in [-0.2, 0) is 4.74 Å². The summed E-state index contributed by atoms with van der Waals surface area (Å²) in [5.41, 5.74) is 1.54. The van der Waals surface area contributed by atoms with E-state index >= 15 is 0 Å². The van der Waals surface area contributed by atoms with E-state index in [0.29, 0.717) is 12.2 Å². The van der Waals surface area contributed by atoms with Crippen molar-refractivity contribution in [3.05, 3.63) is 48.5 Å². The number of esters is 1. The molecule has 94 valence electrons. The van der Waals surface area contributed by atoms with E-state index < -0.39 is 0 Å². The van der Waals surface area contributed by atoms with Crippen LogP contribution in [0.15, 0.2) is 43.0 Å². The maximum Gasteiger partial charge on any atom is 0.338 e. The molecule has 0 aliphatic rings. The van der Waals surface area contributed by atoms with Crippen LogP contribution in [0.25, 0.3) is 5.69 Å². The average molecular weight is 262 g/mol. The number of ether oxygens (including phenoxy) is 1. The van der Waals surface area contributed by atoms with E-state index in [1.807, 2.05) is 29.2 Å². The third-order valence-corrected chi connectivity index (χ3v) is 3.00. The Morgan fingerprint density at radius 1 is 1.39 bits per heavy atom. The number of thioether (sulfide) groups is 1. The van der Waals surface area contributed by atoms with Crippen LogP contribution in [0.4, 0.5) is 0 Å². The molecule has 1 aromatic heterocycles. The van der Waals surface area contributed by atoms with E-state index in [4.69, 9.17) is 4.74 Å².